The van der Waals surface area contributed by atoms with Crippen molar-refractivity contribution in [3.8, 4) is 0 Å². The van der Waals surface area contributed by atoms with E-state index in [1.807, 2.05) is 0 Å². The summed E-state index contributed by atoms with van der Waals surface area (Å²) in [5.41, 5.74) is 4.59. The van der Waals surface area contributed by atoms with E-state index in [2.05, 4.69) is 4.98 Å². The summed E-state index contributed by atoms with van der Waals surface area (Å²) in [4.78, 5) is 14.8. The minimum absolute atomic E-state index is 0.0289. The molecule has 0 saturated heterocycles. The van der Waals surface area contributed by atoms with E-state index in [4.69, 9.17) is 10.8 Å². The molecule has 1 atom stereocenters. The van der Waals surface area contributed by atoms with Gasteiger partial charge in [0.25, 0.3) is 0 Å². The Morgan fingerprint density at radius 1 is 1.71 bits per heavy atom. The highest BCUT2D eigenvalue weighted by Crippen LogP contribution is 2.16. The molecule has 0 aromatic carbocycles. The molecule has 0 aliphatic heterocycles. The van der Waals surface area contributed by atoms with Crippen LogP contribution in [-0.2, 0) is 0 Å². The lowest BCUT2D eigenvalue weighted by Gasteiger charge is -2.14. The van der Waals surface area contributed by atoms with Gasteiger partial charge in [-0.15, -0.1) is 0 Å². The monoisotopic (exact) mass is 243 g/mol. The van der Waals surface area contributed by atoms with Crippen molar-refractivity contribution < 1.29 is 14.6 Å². The van der Waals surface area contributed by atoms with E-state index < -0.39 is 24.4 Å². The molecule has 0 unspecified atom stereocenters. The van der Waals surface area contributed by atoms with Crippen LogP contribution in [0.3, 0.4) is 0 Å². The zero-order valence-electron chi connectivity index (χ0n) is 9.30. The Bertz CT molecular complexity index is 480. The zero-order chi connectivity index (χ0) is 13.0. The molecule has 0 amide bonds. The number of aliphatic hydroxyl groups excluding tert-OH is 2. The van der Waals surface area contributed by atoms with Gasteiger partial charge in [0.1, 0.15) is 12.0 Å². The molecule has 1 rings (SSSR count). The van der Waals surface area contributed by atoms with Crippen molar-refractivity contribution in [1.82, 2.24) is 9.55 Å². The summed E-state index contributed by atoms with van der Waals surface area (Å²) in [6.07, 6.45) is -0.217. The van der Waals surface area contributed by atoms with Crippen LogP contribution >= 0.6 is 0 Å². The molecule has 94 valence electrons. The van der Waals surface area contributed by atoms with Crippen LogP contribution in [0.4, 0.5) is 10.2 Å². The van der Waals surface area contributed by atoms with Crippen molar-refractivity contribution in [3.05, 3.63) is 34.1 Å². The number of nitrogens with zero attached hydrogens (tertiary/aromatic N) is 2. The number of halogens is 1. The summed E-state index contributed by atoms with van der Waals surface area (Å²) in [5, 5.41) is 18.6. The summed E-state index contributed by atoms with van der Waals surface area (Å²) in [5.74, 6) is -0.541. The number of hydrogen-bond acceptors (Lipinski definition) is 5. The van der Waals surface area contributed by atoms with Gasteiger partial charge in [-0.3, -0.25) is 4.57 Å². The first kappa shape index (κ1) is 13.3. The maximum Gasteiger partial charge on any atom is 0.351 e. The topological polar surface area (TPSA) is 101 Å². The second-order valence-corrected chi connectivity index (χ2v) is 3.52. The molecule has 0 aliphatic rings. The molecule has 1 heterocycles. The van der Waals surface area contributed by atoms with Crippen molar-refractivity contribution >= 4 is 5.82 Å². The van der Waals surface area contributed by atoms with E-state index in [0.717, 1.165) is 4.57 Å². The van der Waals surface area contributed by atoms with Crippen LogP contribution < -0.4 is 11.4 Å². The fourth-order valence-electron chi connectivity index (χ4n) is 1.29. The Morgan fingerprint density at radius 3 is 2.82 bits per heavy atom. The Morgan fingerprint density at radius 2 is 2.35 bits per heavy atom. The van der Waals surface area contributed by atoms with Crippen LogP contribution in [0.2, 0.25) is 0 Å². The second-order valence-electron chi connectivity index (χ2n) is 3.52. The number of aromatic nitrogens is 2. The summed E-state index contributed by atoms with van der Waals surface area (Å²) in [7, 11) is 0. The van der Waals surface area contributed by atoms with Crippen molar-refractivity contribution in [1.29, 1.82) is 0 Å². The first-order valence-corrected chi connectivity index (χ1v) is 4.93. The quantitative estimate of drug-likeness (QED) is 0.687. The van der Waals surface area contributed by atoms with Crippen LogP contribution in [0.1, 0.15) is 19.6 Å². The first-order chi connectivity index (χ1) is 7.95. The molecule has 6 nitrogen and oxygen atoms in total. The molecule has 0 radical (unpaired) electrons. The largest absolute Gasteiger partial charge is 0.392 e. The lowest BCUT2D eigenvalue weighted by atomic mass is 10.1. The van der Waals surface area contributed by atoms with Crippen molar-refractivity contribution in [2.75, 3.05) is 12.3 Å². The summed E-state index contributed by atoms with van der Waals surface area (Å²) >= 11 is 0. The molecule has 0 saturated carbocycles. The lowest BCUT2D eigenvalue weighted by Crippen LogP contribution is -2.27. The molecule has 0 fully saturated rings. The van der Waals surface area contributed by atoms with Gasteiger partial charge >= 0.3 is 5.69 Å². The average Bonchev–Trinajstić information content (AvgIpc) is 2.24. The van der Waals surface area contributed by atoms with Crippen molar-refractivity contribution in [2.24, 2.45) is 0 Å². The number of allylic oxidation sites excluding steroid dienone is 1. The SMILES string of the molecule is C/C(F)=C(/CO)C[C@@H](O)n1ccc(N)nc1=O. The number of anilines is 1. The highest BCUT2D eigenvalue weighted by atomic mass is 19.1. The number of nitrogen functional groups attached to an aromatic ring is 1. The van der Waals surface area contributed by atoms with Gasteiger partial charge in [0.05, 0.1) is 12.4 Å². The molecule has 0 bridgehead atoms. The minimum Gasteiger partial charge on any atom is -0.392 e. The first-order valence-electron chi connectivity index (χ1n) is 4.93. The van der Waals surface area contributed by atoms with E-state index in [1.54, 1.807) is 0 Å². The summed E-state index contributed by atoms with van der Waals surface area (Å²) in [6.45, 7) is 0.652. The van der Waals surface area contributed by atoms with Crippen molar-refractivity contribution in [3.63, 3.8) is 0 Å². The number of rotatable bonds is 4. The molecule has 7 heteroatoms. The number of hydrogen-bond donors (Lipinski definition) is 3. The number of nitrogens with two attached hydrogens (primary N) is 1. The van der Waals surface area contributed by atoms with Gasteiger partial charge in [-0.05, 0) is 18.6 Å². The van der Waals surface area contributed by atoms with E-state index in [0.29, 0.717) is 0 Å². The van der Waals surface area contributed by atoms with Gasteiger partial charge in [0.2, 0.25) is 0 Å². The highest BCUT2D eigenvalue weighted by molar-refractivity contribution is 5.23. The predicted molar refractivity (Wildman–Crippen MR) is 59.7 cm³/mol. The summed E-state index contributed by atoms with van der Waals surface area (Å²) in [6, 6.07) is 1.34. The minimum atomic E-state index is -1.29. The highest BCUT2D eigenvalue weighted by Gasteiger charge is 2.13. The molecule has 1 aromatic rings. The van der Waals surface area contributed by atoms with Crippen LogP contribution in [-0.4, -0.2) is 26.4 Å². The number of aliphatic hydroxyl groups is 2. The van der Waals surface area contributed by atoms with E-state index in [-0.39, 0.29) is 17.8 Å². The Labute approximate surface area is 96.8 Å². The summed E-state index contributed by atoms with van der Waals surface area (Å²) < 4.78 is 13.8. The van der Waals surface area contributed by atoms with E-state index in [1.165, 1.54) is 19.2 Å². The van der Waals surface area contributed by atoms with Gasteiger partial charge in [0, 0.05) is 12.6 Å². The third kappa shape index (κ3) is 3.36. The fraction of sp³-hybridized carbons (Fsp3) is 0.400. The van der Waals surface area contributed by atoms with Crippen LogP contribution in [0.25, 0.3) is 0 Å². The Balaban J connectivity index is 2.94. The van der Waals surface area contributed by atoms with Crippen molar-refractivity contribution in [2.45, 2.75) is 19.6 Å². The molecule has 1 aromatic heterocycles. The zero-order valence-corrected chi connectivity index (χ0v) is 9.30. The third-order valence-electron chi connectivity index (χ3n) is 2.28. The van der Waals surface area contributed by atoms with Crippen LogP contribution in [0.5, 0.6) is 0 Å². The maximum absolute atomic E-state index is 12.9. The molecular formula is C10H14FN3O3. The van der Waals surface area contributed by atoms with Gasteiger partial charge < -0.3 is 15.9 Å². The maximum atomic E-state index is 12.9. The molecule has 0 aliphatic carbocycles. The van der Waals surface area contributed by atoms with E-state index in [9.17, 15) is 14.3 Å². The van der Waals surface area contributed by atoms with Gasteiger partial charge in [-0.2, -0.15) is 4.98 Å². The van der Waals surface area contributed by atoms with Crippen LogP contribution in [0.15, 0.2) is 28.5 Å². The Kier molecular flexibility index (Phi) is 4.36. The normalized spacial score (nSPS) is 14.4. The fourth-order valence-corrected chi connectivity index (χ4v) is 1.29. The van der Waals surface area contributed by atoms with Gasteiger partial charge in [-0.1, -0.05) is 0 Å². The molecule has 0 spiro atoms. The van der Waals surface area contributed by atoms with Gasteiger partial charge in [-0.25, -0.2) is 9.18 Å². The Hall–Kier alpha value is -1.73. The average molecular weight is 243 g/mol. The molecular weight excluding hydrogens is 229 g/mol. The second kappa shape index (κ2) is 5.55. The lowest BCUT2D eigenvalue weighted by molar-refractivity contribution is 0.0945. The smallest absolute Gasteiger partial charge is 0.351 e. The molecule has 17 heavy (non-hydrogen) atoms. The predicted octanol–water partition coefficient (Wildman–Crippen LogP) is -0.0577. The third-order valence-corrected chi connectivity index (χ3v) is 2.28. The van der Waals surface area contributed by atoms with Crippen LogP contribution in [0, 0.1) is 0 Å². The van der Waals surface area contributed by atoms with Gasteiger partial charge in [0.15, 0.2) is 0 Å². The van der Waals surface area contributed by atoms with E-state index >= 15 is 0 Å². The standard InChI is InChI=1S/C10H14FN3O3/c1-6(11)7(5-15)4-9(16)14-3-2-8(12)13-10(14)17/h2-3,9,15-16H,4-5H2,1H3,(H2,12,13,17)/b7-6-/t9-/m1/s1. The molecule has 4 N–H and O–H groups in total.